The summed E-state index contributed by atoms with van der Waals surface area (Å²) in [6.07, 6.45) is 0. The molecule has 0 spiro atoms. The number of aromatic nitrogens is 1. The molecule has 2 rings (SSSR count). The van der Waals surface area contributed by atoms with Crippen molar-refractivity contribution in [2.24, 2.45) is 0 Å². The van der Waals surface area contributed by atoms with E-state index in [1.165, 1.54) is 10.6 Å². The molecule has 2 nitrogen and oxygen atoms in total. The second kappa shape index (κ2) is 5.85. The Morgan fingerprint density at radius 2 is 2.17 bits per heavy atom. The monoisotopic (exact) mass is 325 g/mol. The molecule has 0 aliphatic carbocycles. The van der Waals surface area contributed by atoms with Gasteiger partial charge in [0.25, 0.3) is 0 Å². The highest BCUT2D eigenvalue weighted by Crippen LogP contribution is 2.23. The lowest BCUT2D eigenvalue weighted by atomic mass is 10.2. The first-order chi connectivity index (χ1) is 8.56. The van der Waals surface area contributed by atoms with Crippen molar-refractivity contribution in [3.05, 3.63) is 44.3 Å². The molecular weight excluding hydrogens is 310 g/mol. The van der Waals surface area contributed by atoms with E-state index in [2.05, 4.69) is 47.1 Å². The van der Waals surface area contributed by atoms with Gasteiger partial charge in [-0.25, -0.2) is 4.98 Å². The van der Waals surface area contributed by atoms with Gasteiger partial charge in [0.1, 0.15) is 12.4 Å². The number of benzene rings is 1. The maximum Gasteiger partial charge on any atom is 0.131 e. The molecule has 0 N–H and O–H groups in total. The fraction of sp³-hybridized carbons (Fsp3) is 0.357. The van der Waals surface area contributed by atoms with Crippen molar-refractivity contribution in [3.8, 4) is 5.75 Å². The second-order valence-electron chi connectivity index (χ2n) is 4.53. The molecule has 0 aliphatic heterocycles. The Bertz CT molecular complexity index is 536. The van der Waals surface area contributed by atoms with Gasteiger partial charge in [0.05, 0.1) is 10.7 Å². The largest absolute Gasteiger partial charge is 0.487 e. The lowest BCUT2D eigenvalue weighted by Crippen LogP contribution is -1.97. The Morgan fingerprint density at radius 3 is 2.78 bits per heavy atom. The third-order valence-corrected chi connectivity index (χ3v) is 4.66. The number of thiazole rings is 1. The summed E-state index contributed by atoms with van der Waals surface area (Å²) in [5.74, 6) is 1.37. The molecule has 96 valence electrons. The zero-order valence-electron chi connectivity index (χ0n) is 10.7. The maximum absolute atomic E-state index is 5.74. The molecule has 1 heterocycles. The topological polar surface area (TPSA) is 22.1 Å². The van der Waals surface area contributed by atoms with Crippen LogP contribution in [-0.2, 0) is 6.61 Å². The molecule has 0 fully saturated rings. The summed E-state index contributed by atoms with van der Waals surface area (Å²) in [6, 6.07) is 6.00. The predicted octanol–water partition coefficient (Wildman–Crippen LogP) is 4.92. The van der Waals surface area contributed by atoms with Gasteiger partial charge in [0, 0.05) is 15.8 Å². The van der Waals surface area contributed by atoms with Crippen LogP contribution < -0.4 is 4.74 Å². The molecule has 0 bridgehead atoms. The van der Waals surface area contributed by atoms with Crippen LogP contribution in [0.1, 0.15) is 36.0 Å². The van der Waals surface area contributed by atoms with Crippen molar-refractivity contribution in [1.29, 1.82) is 0 Å². The third kappa shape index (κ3) is 3.33. The van der Waals surface area contributed by atoms with Crippen LogP contribution in [0.4, 0.5) is 0 Å². The first-order valence-corrected chi connectivity index (χ1v) is 7.57. The van der Waals surface area contributed by atoms with E-state index in [9.17, 15) is 0 Å². The Labute approximate surface area is 120 Å². The van der Waals surface area contributed by atoms with E-state index in [1.807, 2.05) is 18.2 Å². The highest BCUT2D eigenvalue weighted by Gasteiger charge is 2.06. The quantitative estimate of drug-likeness (QED) is 0.796. The van der Waals surface area contributed by atoms with Gasteiger partial charge in [0.15, 0.2) is 0 Å². The van der Waals surface area contributed by atoms with Crippen LogP contribution in [0, 0.1) is 6.92 Å². The average Bonchev–Trinajstić information content (AvgIpc) is 2.79. The number of hydrogen-bond donors (Lipinski definition) is 0. The van der Waals surface area contributed by atoms with Gasteiger partial charge in [-0.05, 0) is 30.7 Å². The van der Waals surface area contributed by atoms with Gasteiger partial charge >= 0.3 is 0 Å². The number of aryl methyl sites for hydroxylation is 1. The van der Waals surface area contributed by atoms with E-state index in [-0.39, 0.29) is 0 Å². The van der Waals surface area contributed by atoms with Gasteiger partial charge < -0.3 is 4.74 Å². The molecular formula is C14H16BrNOS. The minimum atomic E-state index is 0.485. The Hall–Kier alpha value is -0.870. The van der Waals surface area contributed by atoms with Crippen LogP contribution in [0.5, 0.6) is 5.75 Å². The van der Waals surface area contributed by atoms with Crippen LogP contribution in [0.3, 0.4) is 0 Å². The Kier molecular flexibility index (Phi) is 4.40. The van der Waals surface area contributed by atoms with Crippen LogP contribution >= 0.6 is 27.3 Å². The van der Waals surface area contributed by atoms with E-state index in [1.54, 1.807) is 11.3 Å². The standard InChI is InChI=1S/C14H16BrNOS/c1-9(2)14-16-11(8-18-14)7-17-12-4-5-13(15)10(3)6-12/h4-6,8-9H,7H2,1-3H3. The molecule has 0 saturated heterocycles. The second-order valence-corrected chi connectivity index (χ2v) is 6.28. The summed E-state index contributed by atoms with van der Waals surface area (Å²) >= 11 is 5.18. The van der Waals surface area contributed by atoms with E-state index < -0.39 is 0 Å². The fourth-order valence-corrected chi connectivity index (χ4v) is 2.58. The van der Waals surface area contributed by atoms with Gasteiger partial charge in [-0.1, -0.05) is 29.8 Å². The van der Waals surface area contributed by atoms with Gasteiger partial charge in [-0.2, -0.15) is 0 Å². The smallest absolute Gasteiger partial charge is 0.131 e. The predicted molar refractivity (Wildman–Crippen MR) is 79.4 cm³/mol. The summed E-state index contributed by atoms with van der Waals surface area (Å²) in [5.41, 5.74) is 2.18. The van der Waals surface area contributed by atoms with Gasteiger partial charge in [0.2, 0.25) is 0 Å². The van der Waals surface area contributed by atoms with Crippen molar-refractivity contribution in [3.63, 3.8) is 0 Å². The third-order valence-electron chi connectivity index (χ3n) is 2.58. The zero-order chi connectivity index (χ0) is 13.1. The van der Waals surface area contributed by atoms with Crippen molar-refractivity contribution in [1.82, 2.24) is 4.98 Å². The molecule has 0 saturated carbocycles. The van der Waals surface area contributed by atoms with Crippen molar-refractivity contribution in [2.75, 3.05) is 0 Å². The van der Waals surface area contributed by atoms with Crippen molar-refractivity contribution < 1.29 is 4.74 Å². The molecule has 0 unspecified atom stereocenters. The molecule has 0 aliphatic rings. The van der Waals surface area contributed by atoms with Gasteiger partial charge in [-0.15, -0.1) is 11.3 Å². The number of hydrogen-bond acceptors (Lipinski definition) is 3. The normalized spacial score (nSPS) is 10.9. The van der Waals surface area contributed by atoms with Crippen LogP contribution in [0.25, 0.3) is 0 Å². The van der Waals surface area contributed by atoms with Gasteiger partial charge in [-0.3, -0.25) is 0 Å². The highest BCUT2D eigenvalue weighted by atomic mass is 79.9. The highest BCUT2D eigenvalue weighted by molar-refractivity contribution is 9.10. The minimum Gasteiger partial charge on any atom is -0.487 e. The average molecular weight is 326 g/mol. The lowest BCUT2D eigenvalue weighted by molar-refractivity contribution is 0.301. The molecule has 4 heteroatoms. The number of halogens is 1. The first-order valence-electron chi connectivity index (χ1n) is 5.89. The van der Waals surface area contributed by atoms with E-state index in [0.29, 0.717) is 12.5 Å². The molecule has 1 aromatic heterocycles. The molecule has 0 radical (unpaired) electrons. The first kappa shape index (κ1) is 13.6. The van der Waals surface area contributed by atoms with E-state index in [4.69, 9.17) is 4.74 Å². The summed E-state index contributed by atoms with van der Waals surface area (Å²) < 4.78 is 6.85. The molecule has 18 heavy (non-hydrogen) atoms. The van der Waals surface area contributed by atoms with Crippen molar-refractivity contribution >= 4 is 27.3 Å². The lowest BCUT2D eigenvalue weighted by Gasteiger charge is -2.06. The Morgan fingerprint density at radius 1 is 1.39 bits per heavy atom. The minimum absolute atomic E-state index is 0.485. The van der Waals surface area contributed by atoms with E-state index in [0.717, 1.165) is 15.9 Å². The Balaban J connectivity index is 2.00. The molecule has 1 aromatic carbocycles. The molecule has 0 amide bonds. The molecule has 2 aromatic rings. The van der Waals surface area contributed by atoms with Crippen LogP contribution in [0.2, 0.25) is 0 Å². The van der Waals surface area contributed by atoms with Crippen LogP contribution in [-0.4, -0.2) is 4.98 Å². The van der Waals surface area contributed by atoms with E-state index >= 15 is 0 Å². The SMILES string of the molecule is Cc1cc(OCc2csc(C(C)C)n2)ccc1Br. The molecule has 0 atom stereocenters. The maximum atomic E-state index is 5.74. The summed E-state index contributed by atoms with van der Waals surface area (Å²) in [7, 11) is 0. The zero-order valence-corrected chi connectivity index (χ0v) is 13.1. The van der Waals surface area contributed by atoms with Crippen LogP contribution in [0.15, 0.2) is 28.1 Å². The van der Waals surface area contributed by atoms with Crippen molar-refractivity contribution in [2.45, 2.75) is 33.3 Å². The fourth-order valence-electron chi connectivity index (χ4n) is 1.52. The number of nitrogens with zero attached hydrogens (tertiary/aromatic N) is 1. The summed E-state index contributed by atoms with van der Waals surface area (Å²) in [6.45, 7) is 6.89. The number of ether oxygens (including phenoxy) is 1. The summed E-state index contributed by atoms with van der Waals surface area (Å²) in [5, 5.41) is 3.24. The summed E-state index contributed by atoms with van der Waals surface area (Å²) in [4.78, 5) is 4.55. The number of rotatable bonds is 4.